The lowest BCUT2D eigenvalue weighted by Crippen LogP contribution is -2.44. The molecule has 0 aliphatic carbocycles. The fourth-order valence-electron chi connectivity index (χ4n) is 3.99. The van der Waals surface area contributed by atoms with Gasteiger partial charge in [-0.1, -0.05) is 30.1 Å². The van der Waals surface area contributed by atoms with E-state index >= 15 is 0 Å². The summed E-state index contributed by atoms with van der Waals surface area (Å²) in [5.74, 6) is -0.738. The van der Waals surface area contributed by atoms with Crippen LogP contribution in [0.15, 0.2) is 29.1 Å². The lowest BCUT2D eigenvalue weighted by atomic mass is 9.86. The first-order valence-electron chi connectivity index (χ1n) is 8.80. The molecule has 1 atom stereocenters. The predicted octanol–water partition coefficient (Wildman–Crippen LogP) is 3.39. The maximum Gasteiger partial charge on any atom is 0.343 e. The number of halogens is 2. The van der Waals surface area contributed by atoms with E-state index in [4.69, 9.17) is 27.9 Å². The van der Waals surface area contributed by atoms with Crippen molar-refractivity contribution in [3.05, 3.63) is 61.4 Å². The molecule has 2 aliphatic rings. The zero-order valence-corrected chi connectivity index (χ0v) is 16.3. The van der Waals surface area contributed by atoms with E-state index in [2.05, 4.69) is 4.98 Å². The smallest absolute Gasteiger partial charge is 0.343 e. The van der Waals surface area contributed by atoms with Crippen molar-refractivity contribution in [2.24, 2.45) is 0 Å². The highest BCUT2D eigenvalue weighted by atomic mass is 35.5. The minimum atomic E-state index is -1.83. The number of carbonyl (C=O) groups is 1. The number of aromatic nitrogens is 2. The number of benzene rings is 1. The molecule has 0 unspecified atom stereocenters. The molecule has 1 aromatic carbocycles. The van der Waals surface area contributed by atoms with Crippen LogP contribution < -0.4 is 5.56 Å². The third-order valence-corrected chi connectivity index (χ3v) is 6.40. The highest BCUT2D eigenvalue weighted by molar-refractivity contribution is 6.45. The molecule has 3 aromatic rings. The molecule has 0 spiro atoms. The first-order valence-corrected chi connectivity index (χ1v) is 9.55. The van der Waals surface area contributed by atoms with Gasteiger partial charge in [0.25, 0.3) is 5.56 Å². The van der Waals surface area contributed by atoms with Gasteiger partial charge in [-0.3, -0.25) is 4.79 Å². The summed E-state index contributed by atoms with van der Waals surface area (Å²) in [6, 6.07) is 7.00. The van der Waals surface area contributed by atoms with Crippen LogP contribution in [0, 0.1) is 0 Å². The Morgan fingerprint density at radius 1 is 1.29 bits per heavy atom. The number of esters is 1. The molecule has 0 fully saturated rings. The zero-order chi connectivity index (χ0) is 19.8. The Labute approximate surface area is 169 Å². The van der Waals surface area contributed by atoms with Crippen molar-refractivity contribution in [1.29, 1.82) is 0 Å². The summed E-state index contributed by atoms with van der Waals surface area (Å²) in [6.45, 7) is 1.84. The Balaban J connectivity index is 1.80. The molecule has 0 saturated heterocycles. The summed E-state index contributed by atoms with van der Waals surface area (Å²) in [4.78, 5) is 30.0. The Morgan fingerprint density at radius 3 is 2.82 bits per heavy atom. The zero-order valence-electron chi connectivity index (χ0n) is 14.8. The maximum absolute atomic E-state index is 13.1. The fourth-order valence-corrected chi connectivity index (χ4v) is 4.37. The SMILES string of the molecule is CC[C@@]1(O)C(=O)OCc2c1cc1n(c2=O)Cc2cc3c(Cl)c(Cl)ccc3nc2-1. The van der Waals surface area contributed by atoms with Gasteiger partial charge in [0.2, 0.25) is 0 Å². The van der Waals surface area contributed by atoms with Crippen LogP contribution in [-0.2, 0) is 28.3 Å². The predicted molar refractivity (Wildman–Crippen MR) is 105 cm³/mol. The van der Waals surface area contributed by atoms with Gasteiger partial charge in [-0.05, 0) is 30.7 Å². The topological polar surface area (TPSA) is 81.4 Å². The first kappa shape index (κ1) is 17.7. The van der Waals surface area contributed by atoms with Crippen molar-refractivity contribution in [2.45, 2.75) is 32.1 Å². The van der Waals surface area contributed by atoms with E-state index in [9.17, 15) is 14.7 Å². The largest absolute Gasteiger partial charge is 0.458 e. The van der Waals surface area contributed by atoms with E-state index in [1.165, 1.54) is 0 Å². The molecule has 8 heteroatoms. The molecule has 0 amide bonds. The maximum atomic E-state index is 13.1. The Bertz CT molecular complexity index is 1270. The van der Waals surface area contributed by atoms with Gasteiger partial charge in [0.15, 0.2) is 5.60 Å². The normalized spacial score (nSPS) is 19.9. The number of nitrogens with zero attached hydrogens (tertiary/aromatic N) is 2. The lowest BCUT2D eigenvalue weighted by Gasteiger charge is -2.31. The van der Waals surface area contributed by atoms with Crippen molar-refractivity contribution in [3.63, 3.8) is 0 Å². The Morgan fingerprint density at radius 2 is 2.07 bits per heavy atom. The molecule has 0 bridgehead atoms. The quantitative estimate of drug-likeness (QED) is 0.481. The van der Waals surface area contributed by atoms with E-state index in [-0.39, 0.29) is 18.6 Å². The minimum Gasteiger partial charge on any atom is -0.458 e. The monoisotopic (exact) mass is 416 g/mol. The molecule has 28 heavy (non-hydrogen) atoms. The van der Waals surface area contributed by atoms with Crippen LogP contribution in [0.5, 0.6) is 0 Å². The Kier molecular flexibility index (Phi) is 3.66. The van der Waals surface area contributed by atoms with Gasteiger partial charge in [0.05, 0.1) is 39.1 Å². The summed E-state index contributed by atoms with van der Waals surface area (Å²) in [5, 5.41) is 12.4. The summed E-state index contributed by atoms with van der Waals surface area (Å²) < 4.78 is 6.65. The van der Waals surface area contributed by atoms with Gasteiger partial charge in [-0.15, -0.1) is 0 Å². The van der Waals surface area contributed by atoms with Gasteiger partial charge in [0, 0.05) is 16.5 Å². The number of rotatable bonds is 1. The second kappa shape index (κ2) is 5.80. The average molecular weight is 417 g/mol. The van der Waals surface area contributed by atoms with Gasteiger partial charge in [-0.25, -0.2) is 9.78 Å². The molecule has 5 rings (SSSR count). The number of ether oxygens (including phenoxy) is 1. The molecule has 0 radical (unpaired) electrons. The van der Waals surface area contributed by atoms with Gasteiger partial charge < -0.3 is 14.4 Å². The number of hydrogen-bond acceptors (Lipinski definition) is 5. The summed E-state index contributed by atoms with van der Waals surface area (Å²) in [5.41, 5.74) is 1.13. The van der Waals surface area contributed by atoms with Crippen LogP contribution in [0.25, 0.3) is 22.3 Å². The number of cyclic esters (lactones) is 1. The number of carbonyl (C=O) groups excluding carboxylic acids is 1. The molecule has 2 aliphatic heterocycles. The van der Waals surface area contributed by atoms with Crippen molar-refractivity contribution < 1.29 is 14.6 Å². The van der Waals surface area contributed by atoms with E-state index in [0.29, 0.717) is 50.0 Å². The molecular formula is C20H14Cl2N2O4. The average Bonchev–Trinajstić information content (AvgIpc) is 3.05. The van der Waals surface area contributed by atoms with Crippen molar-refractivity contribution in [1.82, 2.24) is 9.55 Å². The number of pyridine rings is 2. The molecule has 0 saturated carbocycles. The molecular weight excluding hydrogens is 403 g/mol. The van der Waals surface area contributed by atoms with Crippen molar-refractivity contribution in [2.75, 3.05) is 0 Å². The highest BCUT2D eigenvalue weighted by Gasteiger charge is 2.45. The number of aliphatic hydroxyl groups is 1. The van der Waals surface area contributed by atoms with Crippen LogP contribution in [0.2, 0.25) is 10.0 Å². The molecule has 2 aromatic heterocycles. The molecule has 1 N–H and O–H groups in total. The van der Waals surface area contributed by atoms with Gasteiger partial charge in [0.1, 0.15) is 6.61 Å². The van der Waals surface area contributed by atoms with Crippen LogP contribution in [0.4, 0.5) is 0 Å². The first-order chi connectivity index (χ1) is 13.3. The number of hydrogen-bond donors (Lipinski definition) is 1. The van der Waals surface area contributed by atoms with Crippen LogP contribution in [-0.4, -0.2) is 20.6 Å². The van der Waals surface area contributed by atoms with Crippen LogP contribution in [0.1, 0.15) is 30.0 Å². The van der Waals surface area contributed by atoms with E-state index in [0.717, 1.165) is 5.56 Å². The van der Waals surface area contributed by atoms with Crippen molar-refractivity contribution in [3.8, 4) is 11.4 Å². The van der Waals surface area contributed by atoms with Crippen molar-refractivity contribution >= 4 is 40.1 Å². The summed E-state index contributed by atoms with van der Waals surface area (Å²) in [7, 11) is 0. The highest BCUT2D eigenvalue weighted by Crippen LogP contribution is 2.40. The second-order valence-corrected chi connectivity index (χ2v) is 7.81. The third kappa shape index (κ3) is 2.16. The second-order valence-electron chi connectivity index (χ2n) is 7.03. The molecule has 6 nitrogen and oxygen atoms in total. The fraction of sp³-hybridized carbons (Fsp3) is 0.250. The molecule has 4 heterocycles. The number of fused-ring (bicyclic) bond motifs is 5. The Hall–Kier alpha value is -2.41. The minimum absolute atomic E-state index is 0.105. The standard InChI is InChI=1S/C20H14Cl2N2O4/c1-2-20(27)12-6-15-17-9(5-10-14(23-17)4-3-13(21)16(10)22)7-24(15)18(25)11(12)8-28-19(20)26/h3-6,27H,2,7-8H2,1H3/t20-/m0/s1. The summed E-state index contributed by atoms with van der Waals surface area (Å²) in [6.07, 6.45) is 0.105. The van der Waals surface area contributed by atoms with Crippen LogP contribution in [0.3, 0.4) is 0 Å². The van der Waals surface area contributed by atoms with E-state index in [1.807, 2.05) is 6.07 Å². The van der Waals surface area contributed by atoms with E-state index < -0.39 is 11.6 Å². The van der Waals surface area contributed by atoms with Gasteiger partial charge in [-0.2, -0.15) is 0 Å². The van der Waals surface area contributed by atoms with Crippen LogP contribution >= 0.6 is 23.2 Å². The third-order valence-electron chi connectivity index (χ3n) is 5.58. The summed E-state index contributed by atoms with van der Waals surface area (Å²) >= 11 is 12.4. The van der Waals surface area contributed by atoms with E-state index in [1.54, 1.807) is 29.7 Å². The lowest BCUT2D eigenvalue weighted by molar-refractivity contribution is -0.172. The van der Waals surface area contributed by atoms with Gasteiger partial charge >= 0.3 is 5.97 Å². The molecule has 142 valence electrons.